The van der Waals surface area contributed by atoms with Gasteiger partial charge in [-0.2, -0.15) is 20.7 Å². The average molecular weight is 440 g/mol. The van der Waals surface area contributed by atoms with Crippen molar-refractivity contribution in [1.82, 2.24) is 19.4 Å². The third-order valence-electron chi connectivity index (χ3n) is 5.98. The molecule has 7 nitrogen and oxygen atoms in total. The van der Waals surface area contributed by atoms with Crippen LogP contribution < -0.4 is 5.73 Å². The van der Waals surface area contributed by atoms with Crippen LogP contribution in [0.1, 0.15) is 42.9 Å². The second-order valence-electron chi connectivity index (χ2n) is 8.04. The average Bonchev–Trinajstić information content (AvgIpc) is 3.47. The summed E-state index contributed by atoms with van der Waals surface area (Å²) in [5.41, 5.74) is 9.84. The van der Waals surface area contributed by atoms with E-state index in [2.05, 4.69) is 34.6 Å². The number of pyridine rings is 1. The van der Waals surface area contributed by atoms with Crippen LogP contribution >= 0.6 is 11.8 Å². The highest BCUT2D eigenvalue weighted by Gasteiger charge is 2.21. The van der Waals surface area contributed by atoms with E-state index < -0.39 is 0 Å². The Morgan fingerprint density at radius 2 is 1.69 bits per heavy atom. The molecule has 0 radical (unpaired) electrons. The molecule has 1 aliphatic carbocycles. The number of hydrogen-bond donors (Lipinski definition) is 1. The van der Waals surface area contributed by atoms with Gasteiger partial charge in [-0.15, -0.1) is 0 Å². The van der Waals surface area contributed by atoms with Crippen molar-refractivity contribution in [1.29, 1.82) is 10.5 Å². The van der Waals surface area contributed by atoms with Crippen LogP contribution in [-0.4, -0.2) is 25.4 Å². The Balaban J connectivity index is 1.56. The van der Waals surface area contributed by atoms with Crippen LogP contribution in [0.15, 0.2) is 64.9 Å². The molecule has 3 heterocycles. The number of hydrogen-bond acceptors (Lipinski definition) is 6. The van der Waals surface area contributed by atoms with E-state index in [0.29, 0.717) is 23.2 Å². The van der Waals surface area contributed by atoms with Gasteiger partial charge in [0.25, 0.3) is 0 Å². The summed E-state index contributed by atoms with van der Waals surface area (Å²) in [5.74, 6) is 0. The predicted molar refractivity (Wildman–Crippen MR) is 122 cm³/mol. The SMILES string of the molecule is N#Cc1ccccc1Sc1cc(-c2cnn(C3CCC(N)CC3)c2)cn2ncc(C#N)c12. The van der Waals surface area contributed by atoms with Crippen LogP contribution in [0.4, 0.5) is 0 Å². The number of rotatable bonds is 4. The molecule has 3 aromatic heterocycles. The summed E-state index contributed by atoms with van der Waals surface area (Å²) in [5, 5.41) is 28.1. The molecule has 0 atom stereocenters. The number of fused-ring (bicyclic) bond motifs is 1. The predicted octanol–water partition coefficient (Wildman–Crippen LogP) is 4.53. The Morgan fingerprint density at radius 3 is 2.47 bits per heavy atom. The Hall–Kier alpha value is -3.59. The lowest BCUT2D eigenvalue weighted by molar-refractivity contribution is 0.304. The second kappa shape index (κ2) is 8.51. The van der Waals surface area contributed by atoms with Gasteiger partial charge in [0.15, 0.2) is 0 Å². The van der Waals surface area contributed by atoms with Gasteiger partial charge in [0, 0.05) is 39.4 Å². The highest BCUT2D eigenvalue weighted by molar-refractivity contribution is 7.99. The molecule has 0 amide bonds. The van der Waals surface area contributed by atoms with E-state index >= 15 is 0 Å². The summed E-state index contributed by atoms with van der Waals surface area (Å²) in [4.78, 5) is 1.71. The summed E-state index contributed by atoms with van der Waals surface area (Å²) < 4.78 is 3.79. The Labute approximate surface area is 190 Å². The molecule has 1 fully saturated rings. The molecule has 0 unspecified atom stereocenters. The van der Waals surface area contributed by atoms with Crippen molar-refractivity contribution in [2.24, 2.45) is 5.73 Å². The Bertz CT molecular complexity index is 1360. The lowest BCUT2D eigenvalue weighted by Crippen LogP contribution is -2.27. The summed E-state index contributed by atoms with van der Waals surface area (Å²) in [6.07, 6.45) is 11.6. The van der Waals surface area contributed by atoms with Crippen LogP contribution in [0.5, 0.6) is 0 Å². The van der Waals surface area contributed by atoms with Crippen LogP contribution in [0, 0.1) is 22.7 Å². The molecule has 8 heteroatoms. The molecule has 5 rings (SSSR count). The van der Waals surface area contributed by atoms with Crippen molar-refractivity contribution < 1.29 is 0 Å². The molecule has 32 heavy (non-hydrogen) atoms. The number of benzene rings is 1. The topological polar surface area (TPSA) is 109 Å². The maximum atomic E-state index is 9.58. The van der Waals surface area contributed by atoms with Gasteiger partial charge in [0.1, 0.15) is 12.1 Å². The lowest BCUT2D eigenvalue weighted by atomic mass is 9.92. The van der Waals surface area contributed by atoms with Crippen molar-refractivity contribution in [3.05, 3.63) is 66.2 Å². The van der Waals surface area contributed by atoms with Crippen LogP contribution in [0.3, 0.4) is 0 Å². The third-order valence-corrected chi connectivity index (χ3v) is 7.08. The molecule has 2 N–H and O–H groups in total. The van der Waals surface area contributed by atoms with E-state index in [1.54, 1.807) is 16.8 Å². The Morgan fingerprint density at radius 1 is 0.906 bits per heavy atom. The normalized spacial score (nSPS) is 18.3. The number of aromatic nitrogens is 4. The van der Waals surface area contributed by atoms with Crippen molar-refractivity contribution in [3.63, 3.8) is 0 Å². The maximum absolute atomic E-state index is 9.58. The first kappa shape index (κ1) is 20.3. The van der Waals surface area contributed by atoms with E-state index in [9.17, 15) is 10.5 Å². The lowest BCUT2D eigenvalue weighted by Gasteiger charge is -2.26. The zero-order valence-electron chi connectivity index (χ0n) is 17.3. The van der Waals surface area contributed by atoms with Crippen molar-refractivity contribution in [2.45, 2.75) is 47.6 Å². The summed E-state index contributed by atoms with van der Waals surface area (Å²) in [6.45, 7) is 0. The zero-order valence-corrected chi connectivity index (χ0v) is 18.2. The molecule has 4 aromatic rings. The standard InChI is InChI=1S/C24H21N7S/c25-10-16-3-1-2-4-22(16)32-23-9-17(14-31-24(23)18(11-26)12-29-31)19-13-28-30(15-19)21-7-5-20(27)6-8-21/h1-4,9,12-15,20-21H,5-8,27H2. The molecule has 0 spiro atoms. The third kappa shape index (κ3) is 3.75. The highest BCUT2D eigenvalue weighted by Crippen LogP contribution is 2.37. The minimum Gasteiger partial charge on any atom is -0.328 e. The summed E-state index contributed by atoms with van der Waals surface area (Å²) in [7, 11) is 0. The fourth-order valence-electron chi connectivity index (χ4n) is 4.22. The summed E-state index contributed by atoms with van der Waals surface area (Å²) >= 11 is 1.47. The molecule has 158 valence electrons. The van der Waals surface area contributed by atoms with Crippen molar-refractivity contribution in [2.75, 3.05) is 0 Å². The van der Waals surface area contributed by atoms with Gasteiger partial charge in [-0.05, 0) is 43.9 Å². The quantitative estimate of drug-likeness (QED) is 0.500. The first-order valence-corrected chi connectivity index (χ1v) is 11.4. The van der Waals surface area contributed by atoms with Gasteiger partial charge in [-0.25, -0.2) is 4.52 Å². The number of nitrogens with zero attached hydrogens (tertiary/aromatic N) is 6. The van der Waals surface area contributed by atoms with Gasteiger partial charge in [0.05, 0.1) is 35.1 Å². The summed E-state index contributed by atoms with van der Waals surface area (Å²) in [6, 6.07) is 14.7. The molecule has 0 saturated heterocycles. The van der Waals surface area contributed by atoms with Gasteiger partial charge in [0.2, 0.25) is 0 Å². The van der Waals surface area contributed by atoms with E-state index in [1.807, 2.05) is 35.3 Å². The van der Waals surface area contributed by atoms with Crippen molar-refractivity contribution in [3.8, 4) is 23.3 Å². The van der Waals surface area contributed by atoms with Gasteiger partial charge in [-0.1, -0.05) is 23.9 Å². The molecule has 1 saturated carbocycles. The second-order valence-corrected chi connectivity index (χ2v) is 9.13. The molecule has 1 aromatic carbocycles. The van der Waals surface area contributed by atoms with E-state index in [-0.39, 0.29) is 0 Å². The minimum atomic E-state index is 0.300. The fraction of sp³-hybridized carbons (Fsp3) is 0.250. The zero-order chi connectivity index (χ0) is 22.1. The van der Waals surface area contributed by atoms with Gasteiger partial charge >= 0.3 is 0 Å². The number of nitrogens with two attached hydrogens (primary N) is 1. The first-order valence-electron chi connectivity index (χ1n) is 10.5. The smallest absolute Gasteiger partial charge is 0.103 e. The molecule has 1 aliphatic rings. The van der Waals surface area contributed by atoms with Crippen molar-refractivity contribution >= 4 is 17.3 Å². The van der Waals surface area contributed by atoms with Gasteiger partial charge < -0.3 is 5.73 Å². The molecule has 0 aliphatic heterocycles. The highest BCUT2D eigenvalue weighted by atomic mass is 32.2. The largest absolute Gasteiger partial charge is 0.328 e. The minimum absolute atomic E-state index is 0.300. The first-order chi connectivity index (χ1) is 15.7. The van der Waals surface area contributed by atoms with Crippen LogP contribution in [0.2, 0.25) is 0 Å². The van der Waals surface area contributed by atoms with Gasteiger partial charge in [-0.3, -0.25) is 4.68 Å². The number of nitriles is 2. The Kier molecular flexibility index (Phi) is 5.40. The molecule has 0 bridgehead atoms. The molecular weight excluding hydrogens is 418 g/mol. The van der Waals surface area contributed by atoms with Crippen LogP contribution in [0.25, 0.3) is 16.6 Å². The van der Waals surface area contributed by atoms with E-state index in [4.69, 9.17) is 5.73 Å². The fourth-order valence-corrected chi connectivity index (χ4v) is 5.31. The maximum Gasteiger partial charge on any atom is 0.103 e. The van der Waals surface area contributed by atoms with Crippen LogP contribution in [-0.2, 0) is 0 Å². The van der Waals surface area contributed by atoms with E-state index in [0.717, 1.165) is 52.1 Å². The van der Waals surface area contributed by atoms with E-state index in [1.165, 1.54) is 11.8 Å². The molecular formula is C24H21N7S. The monoisotopic (exact) mass is 439 g/mol.